The van der Waals surface area contributed by atoms with Gasteiger partial charge < -0.3 is 10.6 Å². The summed E-state index contributed by atoms with van der Waals surface area (Å²) in [6.07, 6.45) is 7.08. The molecule has 0 radical (unpaired) electrons. The molecule has 0 amide bonds. The summed E-state index contributed by atoms with van der Waals surface area (Å²) in [5.74, 6) is 0.507. The number of hydrogen-bond acceptors (Lipinski definition) is 8. The fourth-order valence-corrected chi connectivity index (χ4v) is 3.52. The molecule has 4 rings (SSSR count). The Labute approximate surface area is 156 Å². The fraction of sp³-hybridized carbons (Fsp3) is 0.286. The molecule has 1 aliphatic carbocycles. The minimum Gasteiger partial charge on any atom is -0.364 e. The van der Waals surface area contributed by atoms with Crippen LogP contribution in [0, 0.1) is 0 Å². The molecule has 0 bridgehead atoms. The van der Waals surface area contributed by atoms with Crippen LogP contribution in [0.2, 0.25) is 0 Å². The highest BCUT2D eigenvalue weighted by molar-refractivity contribution is 9.10. The second-order valence-corrected chi connectivity index (χ2v) is 8.59. The summed E-state index contributed by atoms with van der Waals surface area (Å²) in [6.45, 7) is 0.239. The number of anilines is 1. The monoisotopic (exact) mass is 441 g/mol. The van der Waals surface area contributed by atoms with E-state index in [4.69, 9.17) is 0 Å². The first-order valence-electron chi connectivity index (χ1n) is 7.55. The van der Waals surface area contributed by atoms with Crippen molar-refractivity contribution in [1.29, 1.82) is 0 Å². The number of hydrogen-bond donors (Lipinski definition) is 2. The van der Waals surface area contributed by atoms with Crippen LogP contribution in [0.1, 0.15) is 0 Å². The number of allylic oxidation sites excluding steroid dienone is 2. The van der Waals surface area contributed by atoms with Crippen molar-refractivity contribution >= 4 is 43.2 Å². The van der Waals surface area contributed by atoms with E-state index in [-0.39, 0.29) is 35.6 Å². The van der Waals surface area contributed by atoms with E-state index in [9.17, 15) is 12.8 Å². The molecule has 2 N–H and O–H groups in total. The van der Waals surface area contributed by atoms with Crippen LogP contribution in [-0.4, -0.2) is 58.7 Å². The number of aromatic nitrogens is 4. The number of fused-ring (bicyclic) bond motifs is 2. The highest BCUT2D eigenvalue weighted by atomic mass is 79.9. The van der Waals surface area contributed by atoms with Gasteiger partial charge in [0, 0.05) is 6.26 Å². The van der Waals surface area contributed by atoms with Gasteiger partial charge >= 0.3 is 0 Å². The molecular weight excluding hydrogens is 429 g/mol. The van der Waals surface area contributed by atoms with Crippen LogP contribution in [0.5, 0.6) is 0 Å². The summed E-state index contributed by atoms with van der Waals surface area (Å²) in [5, 5.41) is 9.94. The molecule has 2 aromatic rings. The molecule has 0 aromatic carbocycles. The second-order valence-electron chi connectivity index (χ2n) is 5.83. The van der Waals surface area contributed by atoms with Gasteiger partial charge in [-0.25, -0.2) is 12.8 Å². The Morgan fingerprint density at radius 2 is 2.23 bits per heavy atom. The van der Waals surface area contributed by atoms with E-state index in [1.807, 2.05) is 0 Å². The maximum Gasteiger partial charge on any atom is 0.252 e. The molecule has 9 nitrogen and oxygen atoms in total. The number of halogens is 2. The van der Waals surface area contributed by atoms with Gasteiger partial charge in [-0.1, -0.05) is 6.08 Å². The molecule has 2 aromatic heterocycles. The molecule has 2 aliphatic rings. The first-order chi connectivity index (χ1) is 12.3. The molecule has 0 fully saturated rings. The molecule has 0 saturated heterocycles. The molecule has 136 valence electrons. The smallest absolute Gasteiger partial charge is 0.252 e. The number of nitrogens with zero attached hydrogens (tertiary/aromatic N) is 5. The van der Waals surface area contributed by atoms with Crippen molar-refractivity contribution in [2.45, 2.75) is 17.2 Å². The van der Waals surface area contributed by atoms with Crippen LogP contribution >= 0.6 is 15.9 Å². The topological polar surface area (TPSA) is 114 Å². The minimum absolute atomic E-state index is 0.165. The molecular formula is C14H13BrFN7O2S. The summed E-state index contributed by atoms with van der Waals surface area (Å²) < 4.78 is 38.9. The summed E-state index contributed by atoms with van der Waals surface area (Å²) in [5.41, 5.74) is 0.325. The summed E-state index contributed by atoms with van der Waals surface area (Å²) >= 11 is 3.28. The van der Waals surface area contributed by atoms with Gasteiger partial charge in [-0.05, 0) is 28.1 Å². The highest BCUT2D eigenvalue weighted by Crippen LogP contribution is 2.21. The van der Waals surface area contributed by atoms with Crippen molar-refractivity contribution in [1.82, 2.24) is 24.9 Å². The highest BCUT2D eigenvalue weighted by Gasteiger charge is 2.27. The minimum atomic E-state index is -3.60. The van der Waals surface area contributed by atoms with Gasteiger partial charge in [0.2, 0.25) is 15.8 Å². The first-order valence-corrected chi connectivity index (χ1v) is 10.2. The molecule has 0 saturated carbocycles. The average Bonchev–Trinajstić information content (AvgIpc) is 3.15. The van der Waals surface area contributed by atoms with Gasteiger partial charge in [0.05, 0.1) is 29.3 Å². The van der Waals surface area contributed by atoms with E-state index < -0.39 is 9.84 Å². The van der Waals surface area contributed by atoms with Crippen LogP contribution < -0.4 is 10.6 Å². The molecule has 26 heavy (non-hydrogen) atoms. The SMILES string of the molecule is CS(=O)(=O)c1nc(NCC2=NC3C=CC(F)=CC3N2)n2ncc(Br)c2n1. The number of sulfone groups is 1. The standard InChI is InChI=1S/C14H13BrFN7O2S/c1-26(24,25)14-21-12-8(15)5-18-23(12)13(22-14)17-6-11-19-9-3-2-7(16)4-10(9)20-11/h2-5,9-10H,6H2,1H3,(H,19,20)(H,17,21,22). The Hall–Kier alpha value is -2.34. The molecule has 3 heterocycles. The van der Waals surface area contributed by atoms with E-state index in [1.165, 1.54) is 22.9 Å². The predicted octanol–water partition coefficient (Wildman–Crippen LogP) is 0.864. The molecule has 12 heteroatoms. The first kappa shape index (κ1) is 17.1. The summed E-state index contributed by atoms with van der Waals surface area (Å²) in [7, 11) is -3.60. The lowest BCUT2D eigenvalue weighted by atomic mass is 10.0. The van der Waals surface area contributed by atoms with Gasteiger partial charge in [-0.2, -0.15) is 19.6 Å². The Bertz CT molecular complexity index is 1090. The molecule has 1 aliphatic heterocycles. The molecule has 2 unspecified atom stereocenters. The zero-order chi connectivity index (χ0) is 18.5. The Balaban J connectivity index is 1.61. The van der Waals surface area contributed by atoms with Crippen molar-refractivity contribution in [3.05, 3.63) is 34.7 Å². The van der Waals surface area contributed by atoms with Gasteiger partial charge in [-0.15, -0.1) is 0 Å². The number of nitrogens with one attached hydrogen (secondary N) is 2. The second kappa shape index (κ2) is 6.13. The van der Waals surface area contributed by atoms with Crippen LogP contribution in [0.15, 0.2) is 44.9 Å². The van der Waals surface area contributed by atoms with E-state index >= 15 is 0 Å². The lowest BCUT2D eigenvalue weighted by molar-refractivity contribution is 0.592. The molecule has 2 atom stereocenters. The van der Waals surface area contributed by atoms with Crippen molar-refractivity contribution in [2.75, 3.05) is 18.1 Å². The van der Waals surface area contributed by atoms with Gasteiger partial charge in [-0.3, -0.25) is 4.99 Å². The largest absolute Gasteiger partial charge is 0.364 e. The van der Waals surface area contributed by atoms with E-state index in [0.29, 0.717) is 16.0 Å². The maximum absolute atomic E-state index is 13.3. The Morgan fingerprint density at radius 1 is 1.42 bits per heavy atom. The lowest BCUT2D eigenvalue weighted by Gasteiger charge is -2.15. The third kappa shape index (κ3) is 3.09. The quantitative estimate of drug-likeness (QED) is 0.722. The van der Waals surface area contributed by atoms with Gasteiger partial charge in [0.1, 0.15) is 11.7 Å². The normalized spacial score (nSPS) is 22.0. The van der Waals surface area contributed by atoms with Crippen LogP contribution in [0.3, 0.4) is 0 Å². The van der Waals surface area contributed by atoms with Gasteiger partial charge in [0.15, 0.2) is 5.65 Å². The zero-order valence-electron chi connectivity index (χ0n) is 13.4. The van der Waals surface area contributed by atoms with Crippen LogP contribution in [-0.2, 0) is 9.84 Å². The van der Waals surface area contributed by atoms with Crippen molar-refractivity contribution in [2.24, 2.45) is 4.99 Å². The van der Waals surface area contributed by atoms with E-state index in [0.717, 1.165) is 6.26 Å². The van der Waals surface area contributed by atoms with Crippen LogP contribution in [0.25, 0.3) is 5.65 Å². The Kier molecular flexibility index (Phi) is 4.03. The maximum atomic E-state index is 13.3. The Morgan fingerprint density at radius 3 is 3.00 bits per heavy atom. The van der Waals surface area contributed by atoms with Gasteiger partial charge in [0.25, 0.3) is 5.16 Å². The predicted molar refractivity (Wildman–Crippen MR) is 96.6 cm³/mol. The number of amidine groups is 1. The number of rotatable bonds is 4. The van der Waals surface area contributed by atoms with Crippen LogP contribution in [0.4, 0.5) is 10.3 Å². The summed E-state index contributed by atoms with van der Waals surface area (Å²) in [4.78, 5) is 12.5. The molecule has 0 spiro atoms. The third-order valence-electron chi connectivity index (χ3n) is 3.85. The van der Waals surface area contributed by atoms with Crippen molar-refractivity contribution < 1.29 is 12.8 Å². The van der Waals surface area contributed by atoms with E-state index in [2.05, 4.69) is 46.6 Å². The average molecular weight is 442 g/mol. The van der Waals surface area contributed by atoms with E-state index in [1.54, 1.807) is 6.08 Å². The third-order valence-corrected chi connectivity index (χ3v) is 5.25. The fourth-order valence-electron chi connectivity index (χ4n) is 2.67. The van der Waals surface area contributed by atoms with Crippen molar-refractivity contribution in [3.8, 4) is 0 Å². The summed E-state index contributed by atoms with van der Waals surface area (Å²) in [6, 6.07) is -0.394. The van der Waals surface area contributed by atoms with Crippen molar-refractivity contribution in [3.63, 3.8) is 0 Å². The zero-order valence-corrected chi connectivity index (χ0v) is 15.8. The lowest BCUT2D eigenvalue weighted by Crippen LogP contribution is -2.36. The number of aliphatic imine (C=N–C) groups is 1.